The van der Waals surface area contributed by atoms with Gasteiger partial charge >= 0.3 is 0 Å². The monoisotopic (exact) mass is 260 g/mol. The fourth-order valence-electron chi connectivity index (χ4n) is 2.30. The molecule has 16 heavy (non-hydrogen) atoms. The predicted molar refractivity (Wildman–Crippen MR) is 73.6 cm³/mol. The third kappa shape index (κ3) is 3.74. The molecule has 1 aliphatic heterocycles. The largest absolute Gasteiger partial charge is 0.319 e. The van der Waals surface area contributed by atoms with Crippen LogP contribution in [-0.4, -0.2) is 31.6 Å². The molecule has 0 radical (unpaired) electrons. The van der Waals surface area contributed by atoms with Gasteiger partial charge in [-0.25, -0.2) is 0 Å². The zero-order valence-electron chi connectivity index (χ0n) is 10.0. The van der Waals surface area contributed by atoms with Gasteiger partial charge in [-0.2, -0.15) is 0 Å². The van der Waals surface area contributed by atoms with E-state index in [0.717, 1.165) is 12.5 Å². The average molecular weight is 261 g/mol. The lowest BCUT2D eigenvalue weighted by atomic mass is 10.1. The second kappa shape index (κ2) is 6.60. The Labute approximate surface area is 108 Å². The Kier molecular flexibility index (Phi) is 5.76. The molecule has 0 saturated carbocycles. The van der Waals surface area contributed by atoms with E-state index in [4.69, 9.17) is 0 Å². The van der Waals surface area contributed by atoms with Gasteiger partial charge in [-0.1, -0.05) is 0 Å². The summed E-state index contributed by atoms with van der Waals surface area (Å²) in [5.74, 6) is 0.857. The second-order valence-electron chi connectivity index (χ2n) is 4.46. The van der Waals surface area contributed by atoms with E-state index in [9.17, 15) is 0 Å². The number of likely N-dealkylation sites (tertiary alicyclic amines) is 1. The number of thiophene rings is 1. The molecule has 2 rings (SSSR count). The highest BCUT2D eigenvalue weighted by atomic mass is 35.5. The molecule has 2 nitrogen and oxygen atoms in total. The first kappa shape index (κ1) is 14.0. The number of rotatable bonds is 4. The van der Waals surface area contributed by atoms with Crippen LogP contribution < -0.4 is 5.32 Å². The SMILES string of the molecule is CNCC1CCN(Cc2ccc(C)s2)C1.Cl. The molecular formula is C12H21ClN2S. The Balaban J connectivity index is 0.00000128. The molecule has 0 spiro atoms. The minimum atomic E-state index is 0. The number of hydrogen-bond donors (Lipinski definition) is 1. The van der Waals surface area contributed by atoms with Crippen molar-refractivity contribution in [3.8, 4) is 0 Å². The fraction of sp³-hybridized carbons (Fsp3) is 0.667. The summed E-state index contributed by atoms with van der Waals surface area (Å²) in [4.78, 5) is 5.52. The summed E-state index contributed by atoms with van der Waals surface area (Å²) in [6, 6.07) is 4.49. The Morgan fingerprint density at radius 1 is 1.50 bits per heavy atom. The summed E-state index contributed by atoms with van der Waals surface area (Å²) in [5.41, 5.74) is 0. The highest BCUT2D eigenvalue weighted by Crippen LogP contribution is 2.21. The molecule has 1 aliphatic rings. The summed E-state index contributed by atoms with van der Waals surface area (Å²) in [7, 11) is 2.05. The molecular weight excluding hydrogens is 240 g/mol. The average Bonchev–Trinajstić information content (AvgIpc) is 2.78. The van der Waals surface area contributed by atoms with E-state index in [1.807, 2.05) is 18.4 Å². The summed E-state index contributed by atoms with van der Waals surface area (Å²) < 4.78 is 0. The maximum Gasteiger partial charge on any atom is 0.0328 e. The lowest BCUT2D eigenvalue weighted by Gasteiger charge is -2.14. The zero-order chi connectivity index (χ0) is 10.7. The van der Waals surface area contributed by atoms with Crippen LogP contribution in [0.25, 0.3) is 0 Å². The third-order valence-electron chi connectivity index (χ3n) is 3.04. The molecule has 0 amide bonds. The van der Waals surface area contributed by atoms with Gasteiger partial charge in [-0.05, 0) is 51.5 Å². The van der Waals surface area contributed by atoms with E-state index in [2.05, 4.69) is 29.3 Å². The number of nitrogens with zero attached hydrogens (tertiary/aromatic N) is 1. The lowest BCUT2D eigenvalue weighted by molar-refractivity contribution is 0.318. The minimum Gasteiger partial charge on any atom is -0.319 e. The summed E-state index contributed by atoms with van der Waals surface area (Å²) >= 11 is 1.93. The Morgan fingerprint density at radius 2 is 2.31 bits per heavy atom. The van der Waals surface area contributed by atoms with E-state index in [-0.39, 0.29) is 12.4 Å². The second-order valence-corrected chi connectivity index (χ2v) is 5.83. The molecule has 1 saturated heterocycles. The number of nitrogens with one attached hydrogen (secondary N) is 1. The van der Waals surface area contributed by atoms with Gasteiger partial charge in [0.05, 0.1) is 0 Å². The van der Waals surface area contributed by atoms with Crippen LogP contribution in [-0.2, 0) is 6.54 Å². The summed E-state index contributed by atoms with van der Waals surface area (Å²) in [5, 5.41) is 3.27. The summed E-state index contributed by atoms with van der Waals surface area (Å²) in [6.45, 7) is 7.03. The molecule has 0 aliphatic carbocycles. The van der Waals surface area contributed by atoms with Crippen LogP contribution >= 0.6 is 23.7 Å². The molecule has 1 aromatic heterocycles. The molecule has 92 valence electrons. The lowest BCUT2D eigenvalue weighted by Crippen LogP contribution is -2.24. The maximum absolute atomic E-state index is 3.27. The fourth-order valence-corrected chi connectivity index (χ4v) is 3.24. The van der Waals surface area contributed by atoms with Crippen LogP contribution in [0.2, 0.25) is 0 Å². The van der Waals surface area contributed by atoms with Gasteiger partial charge in [0.15, 0.2) is 0 Å². The topological polar surface area (TPSA) is 15.3 Å². The van der Waals surface area contributed by atoms with Crippen LogP contribution in [0.15, 0.2) is 12.1 Å². The van der Waals surface area contributed by atoms with Crippen molar-refractivity contribution >= 4 is 23.7 Å². The minimum absolute atomic E-state index is 0. The van der Waals surface area contributed by atoms with E-state index in [1.165, 1.54) is 35.8 Å². The molecule has 1 atom stereocenters. The van der Waals surface area contributed by atoms with Crippen LogP contribution in [0.1, 0.15) is 16.2 Å². The molecule has 2 heterocycles. The van der Waals surface area contributed by atoms with Crippen molar-refractivity contribution in [1.82, 2.24) is 10.2 Å². The van der Waals surface area contributed by atoms with Gasteiger partial charge < -0.3 is 5.32 Å². The van der Waals surface area contributed by atoms with E-state index in [0.29, 0.717) is 0 Å². The van der Waals surface area contributed by atoms with Crippen molar-refractivity contribution in [2.45, 2.75) is 19.9 Å². The van der Waals surface area contributed by atoms with Crippen LogP contribution in [0.5, 0.6) is 0 Å². The Morgan fingerprint density at radius 3 is 2.94 bits per heavy atom. The zero-order valence-corrected chi connectivity index (χ0v) is 11.7. The van der Waals surface area contributed by atoms with Crippen LogP contribution in [0, 0.1) is 12.8 Å². The van der Waals surface area contributed by atoms with Gasteiger partial charge in [0.2, 0.25) is 0 Å². The van der Waals surface area contributed by atoms with Crippen molar-refractivity contribution in [1.29, 1.82) is 0 Å². The number of hydrogen-bond acceptors (Lipinski definition) is 3. The van der Waals surface area contributed by atoms with Crippen molar-refractivity contribution < 1.29 is 0 Å². The van der Waals surface area contributed by atoms with Gasteiger partial charge in [-0.15, -0.1) is 23.7 Å². The quantitative estimate of drug-likeness (QED) is 0.895. The molecule has 1 N–H and O–H groups in total. The van der Waals surface area contributed by atoms with Crippen molar-refractivity contribution in [2.75, 3.05) is 26.7 Å². The first-order chi connectivity index (χ1) is 7.28. The Hall–Kier alpha value is -0.0900. The normalized spacial score (nSPS) is 21.0. The number of aryl methyl sites for hydroxylation is 1. The molecule has 1 unspecified atom stereocenters. The molecule has 1 aromatic rings. The van der Waals surface area contributed by atoms with E-state index >= 15 is 0 Å². The van der Waals surface area contributed by atoms with Crippen molar-refractivity contribution in [3.63, 3.8) is 0 Å². The maximum atomic E-state index is 3.27. The molecule has 1 fully saturated rings. The van der Waals surface area contributed by atoms with Gasteiger partial charge in [0, 0.05) is 22.8 Å². The van der Waals surface area contributed by atoms with Gasteiger partial charge in [0.25, 0.3) is 0 Å². The third-order valence-corrected chi connectivity index (χ3v) is 4.02. The van der Waals surface area contributed by atoms with E-state index < -0.39 is 0 Å². The number of halogens is 1. The van der Waals surface area contributed by atoms with E-state index in [1.54, 1.807) is 0 Å². The highest BCUT2D eigenvalue weighted by Gasteiger charge is 2.21. The van der Waals surface area contributed by atoms with Gasteiger partial charge in [-0.3, -0.25) is 4.90 Å². The summed E-state index contributed by atoms with van der Waals surface area (Å²) in [6.07, 6.45) is 1.35. The molecule has 4 heteroatoms. The highest BCUT2D eigenvalue weighted by molar-refractivity contribution is 7.11. The van der Waals surface area contributed by atoms with Crippen molar-refractivity contribution in [3.05, 3.63) is 21.9 Å². The van der Waals surface area contributed by atoms with Crippen LogP contribution in [0.4, 0.5) is 0 Å². The van der Waals surface area contributed by atoms with Crippen molar-refractivity contribution in [2.24, 2.45) is 5.92 Å². The van der Waals surface area contributed by atoms with Crippen LogP contribution in [0.3, 0.4) is 0 Å². The predicted octanol–water partition coefficient (Wildman–Crippen LogP) is 2.52. The van der Waals surface area contributed by atoms with Gasteiger partial charge in [0.1, 0.15) is 0 Å². The smallest absolute Gasteiger partial charge is 0.0328 e. The first-order valence-electron chi connectivity index (χ1n) is 5.70. The standard InChI is InChI=1S/C12H20N2S.ClH/c1-10-3-4-12(15-10)9-14-6-5-11(8-14)7-13-2;/h3-4,11,13H,5-9H2,1-2H3;1H. The molecule has 0 bridgehead atoms. The molecule has 0 aromatic carbocycles. The Bertz CT molecular complexity index is 314. The first-order valence-corrected chi connectivity index (χ1v) is 6.52.